The van der Waals surface area contributed by atoms with E-state index in [0.29, 0.717) is 11.8 Å². The van der Waals surface area contributed by atoms with E-state index < -0.39 is 15.8 Å². The molecule has 34 heavy (non-hydrogen) atoms. The lowest BCUT2D eigenvalue weighted by Crippen LogP contribution is -2.16. The largest absolute Gasteiger partial charge is 0.323 e. The van der Waals surface area contributed by atoms with Gasteiger partial charge in [-0.2, -0.15) is 0 Å². The standard InChI is InChI=1S/C24H18ClFN4O3S/c25-19-13-27-12-15-6-9-20(23(26)22(15)19)29-24(31)18-11-17(18)14-4-7-16(8-5-14)34(32,33)30-21-3-1-2-10-28-21/h1-10,12-13,17-18H,11H2,(H,28,30)(H,29,31)/t17?,18-/m1/s1. The lowest BCUT2D eigenvalue weighted by atomic mass is 10.1. The van der Waals surface area contributed by atoms with Crippen molar-refractivity contribution in [2.45, 2.75) is 17.2 Å². The van der Waals surface area contributed by atoms with Gasteiger partial charge in [0, 0.05) is 35.3 Å². The third kappa shape index (κ3) is 4.32. The number of carbonyl (C=O) groups excluding carboxylic acids is 1. The summed E-state index contributed by atoms with van der Waals surface area (Å²) in [6, 6.07) is 14.4. The average molecular weight is 497 g/mol. The van der Waals surface area contributed by atoms with Gasteiger partial charge in [-0.25, -0.2) is 17.8 Å². The molecule has 7 nitrogen and oxygen atoms in total. The Bertz CT molecular complexity index is 1500. The highest BCUT2D eigenvalue weighted by molar-refractivity contribution is 7.92. The summed E-state index contributed by atoms with van der Waals surface area (Å²) in [6.07, 6.45) is 4.94. The van der Waals surface area contributed by atoms with Gasteiger partial charge < -0.3 is 5.32 Å². The van der Waals surface area contributed by atoms with E-state index in [0.717, 1.165) is 5.56 Å². The van der Waals surface area contributed by atoms with Crippen LogP contribution < -0.4 is 10.0 Å². The summed E-state index contributed by atoms with van der Waals surface area (Å²) in [5, 5.41) is 3.57. The Morgan fingerprint density at radius 3 is 2.59 bits per heavy atom. The Morgan fingerprint density at radius 1 is 1.06 bits per heavy atom. The number of fused-ring (bicyclic) bond motifs is 1. The van der Waals surface area contributed by atoms with Gasteiger partial charge in [0.1, 0.15) is 5.82 Å². The summed E-state index contributed by atoms with van der Waals surface area (Å²) in [4.78, 5) is 20.7. The number of nitrogens with one attached hydrogen (secondary N) is 2. The highest BCUT2D eigenvalue weighted by atomic mass is 35.5. The Morgan fingerprint density at radius 2 is 1.85 bits per heavy atom. The van der Waals surface area contributed by atoms with Crippen LogP contribution in [-0.4, -0.2) is 24.3 Å². The van der Waals surface area contributed by atoms with E-state index in [1.165, 1.54) is 36.8 Å². The van der Waals surface area contributed by atoms with Crippen LogP contribution in [0.1, 0.15) is 17.9 Å². The average Bonchev–Trinajstić information content (AvgIpc) is 3.63. The van der Waals surface area contributed by atoms with Crippen LogP contribution in [0, 0.1) is 11.7 Å². The number of pyridine rings is 2. The van der Waals surface area contributed by atoms with E-state index >= 15 is 0 Å². The van der Waals surface area contributed by atoms with Gasteiger partial charge in [-0.15, -0.1) is 0 Å². The normalized spacial score (nSPS) is 17.4. The van der Waals surface area contributed by atoms with Gasteiger partial charge in [-0.3, -0.25) is 14.5 Å². The number of benzene rings is 2. The molecule has 2 aromatic carbocycles. The van der Waals surface area contributed by atoms with Gasteiger partial charge in [0.25, 0.3) is 10.0 Å². The minimum Gasteiger partial charge on any atom is -0.323 e. The number of hydrogen-bond acceptors (Lipinski definition) is 5. The molecule has 0 saturated heterocycles. The fourth-order valence-electron chi connectivity index (χ4n) is 3.88. The number of nitrogens with zero attached hydrogens (tertiary/aromatic N) is 2. The maximum atomic E-state index is 14.9. The molecule has 0 aliphatic heterocycles. The highest BCUT2D eigenvalue weighted by Gasteiger charge is 2.44. The highest BCUT2D eigenvalue weighted by Crippen LogP contribution is 2.48. The summed E-state index contributed by atoms with van der Waals surface area (Å²) < 4.78 is 42.5. The summed E-state index contributed by atoms with van der Waals surface area (Å²) in [6.45, 7) is 0. The fraction of sp³-hybridized carbons (Fsp3) is 0.125. The molecule has 10 heteroatoms. The Balaban J connectivity index is 1.27. The van der Waals surface area contributed by atoms with Gasteiger partial charge >= 0.3 is 0 Å². The van der Waals surface area contributed by atoms with Crippen LogP contribution in [0.4, 0.5) is 15.9 Å². The smallest absolute Gasteiger partial charge is 0.263 e. The predicted octanol–water partition coefficient (Wildman–Crippen LogP) is 4.97. The number of amides is 1. The summed E-state index contributed by atoms with van der Waals surface area (Å²) in [5.41, 5.74) is 0.892. The Hall–Kier alpha value is -3.56. The molecule has 1 aliphatic carbocycles. The Kier molecular flexibility index (Phi) is 5.66. The summed E-state index contributed by atoms with van der Waals surface area (Å²) >= 11 is 6.07. The number of rotatable bonds is 6. The molecule has 0 spiro atoms. The summed E-state index contributed by atoms with van der Waals surface area (Å²) in [5.74, 6) is -1.09. The molecule has 1 fully saturated rings. The first-order valence-electron chi connectivity index (χ1n) is 10.4. The van der Waals surface area contributed by atoms with Gasteiger partial charge in [0.2, 0.25) is 5.91 Å². The number of hydrogen-bond donors (Lipinski definition) is 2. The van der Waals surface area contributed by atoms with E-state index in [2.05, 4.69) is 20.0 Å². The van der Waals surface area contributed by atoms with Crippen molar-refractivity contribution in [3.05, 3.63) is 89.6 Å². The molecule has 0 radical (unpaired) electrons. The van der Waals surface area contributed by atoms with Crippen LogP contribution in [0.2, 0.25) is 5.02 Å². The Labute approximate surface area is 200 Å². The van der Waals surface area contributed by atoms with E-state index in [4.69, 9.17) is 11.6 Å². The van der Waals surface area contributed by atoms with Crippen molar-refractivity contribution < 1.29 is 17.6 Å². The third-order valence-corrected chi connectivity index (χ3v) is 7.38. The van der Waals surface area contributed by atoms with E-state index in [9.17, 15) is 17.6 Å². The number of sulfonamides is 1. The molecule has 5 rings (SSSR count). The molecule has 4 aromatic rings. The van der Waals surface area contributed by atoms with E-state index in [1.807, 2.05) is 0 Å². The van der Waals surface area contributed by atoms with E-state index in [1.54, 1.807) is 36.4 Å². The number of anilines is 2. The molecule has 1 unspecified atom stereocenters. The second kappa shape index (κ2) is 8.66. The zero-order chi connectivity index (χ0) is 23.9. The minimum atomic E-state index is -3.78. The number of carbonyl (C=O) groups is 1. The maximum Gasteiger partial charge on any atom is 0.263 e. The predicted molar refractivity (Wildman–Crippen MR) is 128 cm³/mol. The van der Waals surface area contributed by atoms with Crippen molar-refractivity contribution in [1.29, 1.82) is 0 Å². The molecule has 2 aromatic heterocycles. The van der Waals surface area contributed by atoms with Crippen molar-refractivity contribution in [2.75, 3.05) is 10.0 Å². The van der Waals surface area contributed by atoms with Gasteiger partial charge in [0.15, 0.2) is 5.82 Å². The first kappa shape index (κ1) is 22.2. The van der Waals surface area contributed by atoms with Crippen molar-refractivity contribution in [3.63, 3.8) is 0 Å². The first-order chi connectivity index (χ1) is 16.3. The molecule has 1 saturated carbocycles. The van der Waals surface area contributed by atoms with Crippen LogP contribution in [0.25, 0.3) is 10.8 Å². The molecule has 0 bridgehead atoms. The lowest BCUT2D eigenvalue weighted by Gasteiger charge is -2.10. The van der Waals surface area contributed by atoms with Gasteiger partial charge in [0.05, 0.1) is 15.6 Å². The number of halogens is 2. The van der Waals surface area contributed by atoms with Crippen LogP contribution in [0.3, 0.4) is 0 Å². The summed E-state index contributed by atoms with van der Waals surface area (Å²) in [7, 11) is -3.78. The quantitative estimate of drug-likeness (QED) is 0.392. The number of aromatic nitrogens is 2. The fourth-order valence-corrected chi connectivity index (χ4v) is 5.13. The van der Waals surface area contributed by atoms with E-state index in [-0.39, 0.29) is 44.6 Å². The molecule has 2 N–H and O–H groups in total. The molecular formula is C24H18ClFN4O3S. The van der Waals surface area contributed by atoms with Crippen molar-refractivity contribution >= 4 is 49.8 Å². The van der Waals surface area contributed by atoms with Crippen molar-refractivity contribution in [3.8, 4) is 0 Å². The SMILES string of the molecule is O=C(Nc1ccc2cncc(Cl)c2c1F)[C@@H]1CC1c1ccc(S(=O)(=O)Nc2ccccn2)cc1. The molecule has 2 heterocycles. The molecule has 1 aliphatic rings. The van der Waals surface area contributed by atoms with Crippen LogP contribution in [-0.2, 0) is 14.8 Å². The van der Waals surface area contributed by atoms with Crippen molar-refractivity contribution in [2.24, 2.45) is 5.92 Å². The second-order valence-electron chi connectivity index (χ2n) is 7.97. The van der Waals surface area contributed by atoms with Gasteiger partial charge in [-0.1, -0.05) is 35.9 Å². The lowest BCUT2D eigenvalue weighted by molar-refractivity contribution is -0.117. The molecule has 172 valence electrons. The second-order valence-corrected chi connectivity index (χ2v) is 10.1. The van der Waals surface area contributed by atoms with Crippen molar-refractivity contribution in [1.82, 2.24) is 9.97 Å². The topological polar surface area (TPSA) is 101 Å². The van der Waals surface area contributed by atoms with Gasteiger partial charge in [-0.05, 0) is 48.2 Å². The molecule has 2 atom stereocenters. The van der Waals surface area contributed by atoms with Crippen LogP contribution >= 0.6 is 11.6 Å². The molecule has 1 amide bonds. The van der Waals surface area contributed by atoms with Crippen LogP contribution in [0.5, 0.6) is 0 Å². The monoisotopic (exact) mass is 496 g/mol. The molecular weight excluding hydrogens is 479 g/mol. The zero-order valence-electron chi connectivity index (χ0n) is 17.6. The zero-order valence-corrected chi connectivity index (χ0v) is 19.1. The minimum absolute atomic E-state index is 0.0540. The third-order valence-electron chi connectivity index (χ3n) is 5.72. The van der Waals surface area contributed by atoms with Crippen LogP contribution in [0.15, 0.2) is 78.1 Å². The first-order valence-corrected chi connectivity index (χ1v) is 12.3. The maximum absolute atomic E-state index is 14.9.